The Balaban J connectivity index is 1.55. The van der Waals surface area contributed by atoms with Gasteiger partial charge in [0.2, 0.25) is 21.8 Å². The normalized spacial score (nSPS) is 20.2. The summed E-state index contributed by atoms with van der Waals surface area (Å²) in [7, 11) is -3.71. The summed E-state index contributed by atoms with van der Waals surface area (Å²) >= 11 is 0. The number of amides is 2. The molecular formula is C21H31N3O4S. The minimum atomic E-state index is -3.71. The molecule has 0 bridgehead atoms. The van der Waals surface area contributed by atoms with Crippen molar-refractivity contribution >= 4 is 27.5 Å². The van der Waals surface area contributed by atoms with E-state index in [-0.39, 0.29) is 41.8 Å². The Labute approximate surface area is 173 Å². The number of fused-ring (bicyclic) bond motifs is 1. The first-order chi connectivity index (χ1) is 13.8. The molecule has 0 aromatic heterocycles. The minimum absolute atomic E-state index is 0.0149. The number of carbonyl (C=O) groups excluding carboxylic acids is 2. The van der Waals surface area contributed by atoms with Crippen LogP contribution in [0.2, 0.25) is 0 Å². The fraction of sp³-hybridized carbons (Fsp3) is 0.619. The quantitative estimate of drug-likeness (QED) is 0.690. The van der Waals surface area contributed by atoms with Crippen molar-refractivity contribution in [1.29, 1.82) is 0 Å². The lowest BCUT2D eigenvalue weighted by Gasteiger charge is -2.20. The topological polar surface area (TPSA) is 95.6 Å². The van der Waals surface area contributed by atoms with E-state index in [2.05, 4.69) is 10.0 Å². The highest BCUT2D eigenvalue weighted by atomic mass is 32.2. The molecule has 1 aromatic rings. The van der Waals surface area contributed by atoms with Gasteiger partial charge in [0.15, 0.2) is 0 Å². The monoisotopic (exact) mass is 421 g/mol. The molecule has 1 aliphatic heterocycles. The maximum Gasteiger partial charge on any atom is 0.240 e. The molecule has 1 heterocycles. The van der Waals surface area contributed by atoms with Crippen molar-refractivity contribution in [1.82, 2.24) is 10.0 Å². The van der Waals surface area contributed by atoms with Gasteiger partial charge in [-0.2, -0.15) is 0 Å². The summed E-state index contributed by atoms with van der Waals surface area (Å²) in [6.45, 7) is 3.52. The van der Waals surface area contributed by atoms with Crippen molar-refractivity contribution in [3.63, 3.8) is 0 Å². The molecule has 3 rings (SSSR count). The van der Waals surface area contributed by atoms with Crippen LogP contribution in [0.15, 0.2) is 23.1 Å². The highest BCUT2D eigenvalue weighted by Gasteiger charge is 2.30. The van der Waals surface area contributed by atoms with Gasteiger partial charge in [0.25, 0.3) is 0 Å². The number of hydrogen-bond donors (Lipinski definition) is 2. The van der Waals surface area contributed by atoms with Crippen LogP contribution < -0.4 is 14.9 Å². The average molecular weight is 422 g/mol. The predicted octanol–water partition coefficient (Wildman–Crippen LogP) is 2.49. The molecule has 8 heteroatoms. The maximum atomic E-state index is 12.6. The van der Waals surface area contributed by atoms with Gasteiger partial charge in [0.05, 0.1) is 4.90 Å². The second-order valence-corrected chi connectivity index (χ2v) is 9.90. The Bertz CT molecular complexity index is 861. The smallest absolute Gasteiger partial charge is 0.240 e. The molecule has 0 saturated heterocycles. The molecule has 0 unspecified atom stereocenters. The van der Waals surface area contributed by atoms with Crippen molar-refractivity contribution in [2.24, 2.45) is 0 Å². The van der Waals surface area contributed by atoms with Gasteiger partial charge in [-0.05, 0) is 49.9 Å². The molecule has 2 N–H and O–H groups in total. The van der Waals surface area contributed by atoms with Crippen LogP contribution in [0.1, 0.15) is 64.4 Å². The first kappa shape index (κ1) is 21.8. The Hall–Kier alpha value is -1.93. The van der Waals surface area contributed by atoms with Crippen LogP contribution in [-0.2, 0) is 26.0 Å². The third-order valence-corrected chi connectivity index (χ3v) is 7.24. The molecule has 29 heavy (non-hydrogen) atoms. The molecule has 1 saturated carbocycles. The standard InChI is InChI=1S/C21H31N3O4S/c1-15-13-17-14-19(9-10-20(17)24(15)16(2)25)29(27,28)22-12-11-21(26)23-18-7-5-3-4-6-8-18/h9-10,14-15,18,22H,3-8,11-13H2,1-2H3,(H,23,26)/t15-/m1/s1. The molecule has 160 valence electrons. The van der Waals surface area contributed by atoms with Crippen LogP contribution in [0.25, 0.3) is 0 Å². The molecule has 1 atom stereocenters. The van der Waals surface area contributed by atoms with Crippen LogP contribution >= 0.6 is 0 Å². The van der Waals surface area contributed by atoms with Crippen LogP contribution in [0, 0.1) is 0 Å². The zero-order valence-corrected chi connectivity index (χ0v) is 18.1. The number of nitrogens with one attached hydrogen (secondary N) is 2. The van der Waals surface area contributed by atoms with Crippen LogP contribution in [0.5, 0.6) is 0 Å². The van der Waals surface area contributed by atoms with E-state index in [1.165, 1.54) is 25.8 Å². The summed E-state index contributed by atoms with van der Waals surface area (Å²) in [5, 5.41) is 3.03. The van der Waals surface area contributed by atoms with Crippen molar-refractivity contribution in [3.05, 3.63) is 23.8 Å². The molecule has 1 aliphatic carbocycles. The minimum Gasteiger partial charge on any atom is -0.353 e. The van der Waals surface area contributed by atoms with Gasteiger partial charge in [-0.15, -0.1) is 0 Å². The molecule has 0 radical (unpaired) electrons. The number of nitrogens with zero attached hydrogens (tertiary/aromatic N) is 1. The van der Waals surface area contributed by atoms with Gasteiger partial charge in [-0.3, -0.25) is 9.59 Å². The third kappa shape index (κ3) is 5.36. The predicted molar refractivity (Wildman–Crippen MR) is 112 cm³/mol. The number of anilines is 1. The molecule has 0 spiro atoms. The van der Waals surface area contributed by atoms with E-state index in [1.54, 1.807) is 17.0 Å². The Morgan fingerprint density at radius 2 is 1.83 bits per heavy atom. The summed E-state index contributed by atoms with van der Waals surface area (Å²) in [4.78, 5) is 25.8. The van der Waals surface area contributed by atoms with Crippen molar-refractivity contribution in [2.75, 3.05) is 11.4 Å². The van der Waals surface area contributed by atoms with E-state index in [1.807, 2.05) is 6.92 Å². The SMILES string of the molecule is CC(=O)N1c2ccc(S(=O)(=O)NCCC(=O)NC3CCCCCC3)cc2C[C@H]1C. The average Bonchev–Trinajstić information content (AvgIpc) is 2.79. The number of benzene rings is 1. The highest BCUT2D eigenvalue weighted by Crippen LogP contribution is 2.33. The zero-order valence-electron chi connectivity index (χ0n) is 17.2. The summed E-state index contributed by atoms with van der Waals surface area (Å²) in [5.74, 6) is -0.163. The fourth-order valence-corrected chi connectivity index (χ4v) is 5.44. The van der Waals surface area contributed by atoms with E-state index >= 15 is 0 Å². The molecular weight excluding hydrogens is 390 g/mol. The lowest BCUT2D eigenvalue weighted by Crippen LogP contribution is -2.36. The fourth-order valence-electron chi connectivity index (χ4n) is 4.36. The van der Waals surface area contributed by atoms with Gasteiger partial charge in [-0.25, -0.2) is 13.1 Å². The van der Waals surface area contributed by atoms with E-state index in [0.717, 1.165) is 36.9 Å². The lowest BCUT2D eigenvalue weighted by molar-refractivity contribution is -0.121. The van der Waals surface area contributed by atoms with Crippen molar-refractivity contribution < 1.29 is 18.0 Å². The Morgan fingerprint density at radius 3 is 2.48 bits per heavy atom. The van der Waals surface area contributed by atoms with Gasteiger partial charge in [0, 0.05) is 37.7 Å². The van der Waals surface area contributed by atoms with Crippen LogP contribution in [0.4, 0.5) is 5.69 Å². The summed E-state index contributed by atoms with van der Waals surface area (Å²) in [5.41, 5.74) is 1.62. The third-order valence-electron chi connectivity index (χ3n) is 5.78. The van der Waals surface area contributed by atoms with Crippen molar-refractivity contribution in [3.8, 4) is 0 Å². The first-order valence-electron chi connectivity index (χ1n) is 10.5. The van der Waals surface area contributed by atoms with Gasteiger partial charge < -0.3 is 10.2 Å². The van der Waals surface area contributed by atoms with E-state index in [4.69, 9.17) is 0 Å². The molecule has 2 amide bonds. The number of rotatable bonds is 6. The van der Waals surface area contributed by atoms with Crippen molar-refractivity contribution in [2.45, 2.75) is 82.2 Å². The Morgan fingerprint density at radius 1 is 1.14 bits per heavy atom. The molecule has 1 aromatic carbocycles. The van der Waals surface area contributed by atoms with Gasteiger partial charge in [0.1, 0.15) is 0 Å². The largest absolute Gasteiger partial charge is 0.353 e. The first-order valence-corrected chi connectivity index (χ1v) is 12.0. The zero-order chi connectivity index (χ0) is 21.0. The van der Waals surface area contributed by atoms with Crippen LogP contribution in [-0.4, -0.2) is 38.9 Å². The summed E-state index contributed by atoms with van der Waals surface area (Å²) in [6, 6.07) is 5.06. The van der Waals surface area contributed by atoms with Gasteiger partial charge >= 0.3 is 0 Å². The molecule has 7 nitrogen and oxygen atoms in total. The maximum absolute atomic E-state index is 12.6. The number of sulfonamides is 1. The number of hydrogen-bond acceptors (Lipinski definition) is 4. The molecule has 2 aliphatic rings. The lowest BCUT2D eigenvalue weighted by atomic mass is 10.1. The van der Waals surface area contributed by atoms with E-state index in [9.17, 15) is 18.0 Å². The second kappa shape index (κ2) is 9.26. The number of carbonyl (C=O) groups is 2. The van der Waals surface area contributed by atoms with Gasteiger partial charge in [-0.1, -0.05) is 25.7 Å². The van der Waals surface area contributed by atoms with E-state index < -0.39 is 10.0 Å². The molecule has 1 fully saturated rings. The highest BCUT2D eigenvalue weighted by molar-refractivity contribution is 7.89. The second-order valence-electron chi connectivity index (χ2n) is 8.14. The van der Waals surface area contributed by atoms with Crippen LogP contribution in [0.3, 0.4) is 0 Å². The Kier molecular flexibility index (Phi) is 6.95. The van der Waals surface area contributed by atoms with E-state index in [0.29, 0.717) is 6.42 Å². The summed E-state index contributed by atoms with van der Waals surface area (Å²) in [6.07, 6.45) is 7.46. The summed E-state index contributed by atoms with van der Waals surface area (Å²) < 4.78 is 27.8.